The predicted octanol–water partition coefficient (Wildman–Crippen LogP) is 12.1. The van der Waals surface area contributed by atoms with Gasteiger partial charge < -0.3 is 8.85 Å². The van der Waals surface area contributed by atoms with Crippen molar-refractivity contribution >= 4 is 28.8 Å². The monoisotopic (exact) mass is 630 g/mol. The Hall–Kier alpha value is -1.27. The lowest BCUT2D eigenvalue weighted by Crippen LogP contribution is -2.44. The lowest BCUT2D eigenvalue weighted by atomic mass is 9.54. The molecule has 242 valence electrons. The fraction of sp³-hybridized carbons (Fsp3) is 0.750. The van der Waals surface area contributed by atoms with Crippen LogP contribution in [0.4, 0.5) is 0 Å². The van der Waals surface area contributed by atoms with Crippen LogP contribution >= 0.6 is 0 Å². The molecule has 0 amide bonds. The zero-order valence-corrected chi connectivity index (χ0v) is 31.8. The molecule has 0 saturated heterocycles. The average molecular weight is 631 g/mol. The van der Waals surface area contributed by atoms with Crippen molar-refractivity contribution in [2.24, 2.45) is 47.3 Å². The summed E-state index contributed by atoms with van der Waals surface area (Å²) in [7, 11) is -4.11. The van der Waals surface area contributed by atoms with E-state index in [2.05, 4.69) is 92.0 Å². The van der Waals surface area contributed by atoms with Crippen LogP contribution in [0.15, 0.2) is 23.3 Å². The first kappa shape index (κ1) is 31.3. The van der Waals surface area contributed by atoms with Gasteiger partial charge in [0.25, 0.3) is 16.6 Å². The summed E-state index contributed by atoms with van der Waals surface area (Å²) in [6.45, 7) is 23.9. The van der Waals surface area contributed by atoms with Gasteiger partial charge in [0.05, 0.1) is 0 Å². The molecule has 9 rings (SSSR count). The second-order valence-electron chi connectivity index (χ2n) is 19.6. The maximum Gasteiger partial charge on any atom is 0.250 e. The van der Waals surface area contributed by atoms with E-state index < -0.39 is 16.6 Å². The Balaban J connectivity index is 1.36. The molecular formula is C40H62O2Si2. The van der Waals surface area contributed by atoms with E-state index in [1.807, 2.05) is 0 Å². The SMILES string of the molecule is CC(C)(C)[Si](C)(C)Oc1cc(C=C2C3CC4CC(C3)CC2C4)c(O[Si](C)(C)C(C)(C)C)cc1C=C1C2CC3CC(C2)CC1C3. The second-order valence-corrected chi connectivity index (χ2v) is 29.0. The highest BCUT2D eigenvalue weighted by Gasteiger charge is 2.47. The summed E-state index contributed by atoms with van der Waals surface area (Å²) < 4.78 is 14.6. The van der Waals surface area contributed by atoms with E-state index >= 15 is 0 Å². The molecule has 0 heterocycles. The standard InChI is InChI=1S/C40H62O2Si2/c1-39(2,3)43(7,8)41-37-23-34(22-36-31-17-27-12-28(19-31)20-32(36)18-27)38(42-44(9,10)40(4,5)6)24-33(37)21-35-29-13-25-11-26(15-29)16-30(35)14-25/h21-32H,11-20H2,1-10H3. The van der Waals surface area contributed by atoms with Gasteiger partial charge >= 0.3 is 0 Å². The van der Waals surface area contributed by atoms with E-state index in [0.717, 1.165) is 58.8 Å². The minimum Gasteiger partial charge on any atom is -0.543 e. The largest absolute Gasteiger partial charge is 0.543 e. The molecule has 8 bridgehead atoms. The normalized spacial score (nSPS) is 34.5. The van der Waals surface area contributed by atoms with Crippen LogP contribution in [0.3, 0.4) is 0 Å². The van der Waals surface area contributed by atoms with Crippen LogP contribution in [0.2, 0.25) is 36.3 Å². The zero-order valence-electron chi connectivity index (χ0n) is 29.8. The van der Waals surface area contributed by atoms with Crippen LogP contribution in [0.5, 0.6) is 11.5 Å². The summed E-state index contributed by atoms with van der Waals surface area (Å²) in [5.41, 5.74) is 6.06. The topological polar surface area (TPSA) is 18.5 Å². The van der Waals surface area contributed by atoms with Crippen molar-refractivity contribution in [3.63, 3.8) is 0 Å². The van der Waals surface area contributed by atoms with Gasteiger partial charge in [-0.3, -0.25) is 0 Å². The number of hydrogen-bond donors (Lipinski definition) is 0. The van der Waals surface area contributed by atoms with Gasteiger partial charge in [0.1, 0.15) is 11.5 Å². The molecule has 1 aromatic rings. The predicted molar refractivity (Wildman–Crippen MR) is 192 cm³/mol. The van der Waals surface area contributed by atoms with Gasteiger partial charge in [-0.1, -0.05) is 64.8 Å². The fourth-order valence-electron chi connectivity index (χ4n) is 10.1. The maximum absolute atomic E-state index is 7.31. The molecule has 0 aliphatic heterocycles. The van der Waals surface area contributed by atoms with Crippen LogP contribution in [0.25, 0.3) is 12.2 Å². The summed E-state index contributed by atoms with van der Waals surface area (Å²) in [5.74, 6) is 9.29. The molecule has 0 aromatic heterocycles. The van der Waals surface area contributed by atoms with E-state index in [9.17, 15) is 0 Å². The highest BCUT2D eigenvalue weighted by atomic mass is 28.4. The minimum absolute atomic E-state index is 0.149. The summed E-state index contributed by atoms with van der Waals surface area (Å²) in [4.78, 5) is 0. The van der Waals surface area contributed by atoms with Crippen molar-refractivity contribution in [3.8, 4) is 11.5 Å². The minimum atomic E-state index is -2.05. The van der Waals surface area contributed by atoms with E-state index in [1.165, 1.54) is 75.3 Å². The van der Waals surface area contributed by atoms with E-state index in [0.29, 0.717) is 0 Å². The van der Waals surface area contributed by atoms with Gasteiger partial charge in [-0.25, -0.2) is 0 Å². The molecule has 0 spiro atoms. The quantitative estimate of drug-likeness (QED) is 0.291. The van der Waals surface area contributed by atoms with Gasteiger partial charge in [-0.05, 0) is 160 Å². The third kappa shape index (κ3) is 5.65. The molecule has 0 N–H and O–H groups in total. The van der Waals surface area contributed by atoms with Crippen LogP contribution in [-0.4, -0.2) is 16.6 Å². The first-order valence-corrected chi connectivity index (χ1v) is 24.3. The van der Waals surface area contributed by atoms with Crippen molar-refractivity contribution in [1.29, 1.82) is 0 Å². The fourth-order valence-corrected chi connectivity index (χ4v) is 12.2. The van der Waals surface area contributed by atoms with Crippen molar-refractivity contribution in [1.82, 2.24) is 0 Å². The number of hydrogen-bond acceptors (Lipinski definition) is 2. The van der Waals surface area contributed by atoms with Crippen molar-refractivity contribution < 1.29 is 8.85 Å². The van der Waals surface area contributed by atoms with Gasteiger partial charge in [-0.15, -0.1) is 0 Å². The molecule has 8 saturated carbocycles. The lowest BCUT2D eigenvalue weighted by molar-refractivity contribution is 0.0709. The third-order valence-electron chi connectivity index (χ3n) is 14.3. The molecule has 8 aliphatic rings. The Morgan fingerprint density at radius 3 is 1.02 bits per heavy atom. The lowest BCUT2D eigenvalue weighted by Gasteiger charge is -2.51. The third-order valence-corrected chi connectivity index (χ3v) is 23.0. The smallest absolute Gasteiger partial charge is 0.250 e. The van der Waals surface area contributed by atoms with Crippen molar-refractivity contribution in [2.75, 3.05) is 0 Å². The van der Waals surface area contributed by atoms with E-state index in [4.69, 9.17) is 8.85 Å². The van der Waals surface area contributed by atoms with Crippen LogP contribution < -0.4 is 8.85 Å². The van der Waals surface area contributed by atoms with Crippen LogP contribution in [0.1, 0.15) is 117 Å². The Labute approximate surface area is 272 Å². The summed E-state index contributed by atoms with van der Waals surface area (Å²) in [5, 5.41) is 0.298. The first-order valence-electron chi connectivity index (χ1n) is 18.4. The number of allylic oxidation sites excluding steroid dienone is 2. The van der Waals surface area contributed by atoms with Gasteiger partial charge in [0, 0.05) is 11.1 Å². The molecule has 0 radical (unpaired) electrons. The van der Waals surface area contributed by atoms with E-state index in [-0.39, 0.29) is 10.1 Å². The first-order chi connectivity index (χ1) is 20.5. The molecule has 8 fully saturated rings. The Morgan fingerprint density at radius 1 is 0.500 bits per heavy atom. The molecule has 1 aromatic carbocycles. The molecule has 0 atom stereocenters. The number of benzene rings is 1. The summed E-state index contributed by atoms with van der Waals surface area (Å²) in [6, 6.07) is 4.90. The van der Waals surface area contributed by atoms with Gasteiger partial charge in [0.2, 0.25) is 0 Å². The molecular weight excluding hydrogens is 569 g/mol. The molecule has 44 heavy (non-hydrogen) atoms. The maximum atomic E-state index is 7.31. The average Bonchev–Trinajstić information content (AvgIpc) is 2.87. The zero-order chi connectivity index (χ0) is 31.4. The highest BCUT2D eigenvalue weighted by Crippen LogP contribution is 2.59. The van der Waals surface area contributed by atoms with Crippen LogP contribution in [0, 0.1) is 47.3 Å². The Morgan fingerprint density at radius 2 is 0.773 bits per heavy atom. The molecule has 8 aliphatic carbocycles. The van der Waals surface area contributed by atoms with Crippen LogP contribution in [-0.2, 0) is 0 Å². The molecule has 4 heteroatoms. The van der Waals surface area contributed by atoms with Crippen molar-refractivity contribution in [2.45, 2.75) is 142 Å². The highest BCUT2D eigenvalue weighted by molar-refractivity contribution is 6.75. The van der Waals surface area contributed by atoms with E-state index in [1.54, 1.807) is 11.1 Å². The summed E-state index contributed by atoms with van der Waals surface area (Å²) >= 11 is 0. The Kier molecular flexibility index (Phi) is 7.57. The number of rotatable bonds is 6. The van der Waals surface area contributed by atoms with Gasteiger partial charge in [-0.2, -0.15) is 0 Å². The van der Waals surface area contributed by atoms with Gasteiger partial charge in [0.15, 0.2) is 0 Å². The second kappa shape index (κ2) is 10.6. The summed E-state index contributed by atoms with van der Waals surface area (Å²) in [6.07, 6.45) is 19.6. The Bertz CT molecular complexity index is 1190. The molecule has 2 nitrogen and oxygen atoms in total. The van der Waals surface area contributed by atoms with Crippen molar-refractivity contribution in [3.05, 3.63) is 34.4 Å². The molecule has 0 unspecified atom stereocenters.